The number of aryl methyl sites for hydroxylation is 1. The maximum atomic E-state index is 12.7. The molecule has 1 aromatic carbocycles. The normalized spacial score (nSPS) is 18.2. The molecule has 3 N–H and O–H groups in total. The Morgan fingerprint density at radius 3 is 2.58 bits per heavy atom. The molecule has 3 amide bonds. The van der Waals surface area contributed by atoms with Crippen LogP contribution in [0.1, 0.15) is 60.9 Å². The van der Waals surface area contributed by atoms with Crippen LogP contribution in [0.5, 0.6) is 0 Å². The fourth-order valence-corrected chi connectivity index (χ4v) is 5.56. The lowest BCUT2D eigenvalue weighted by Gasteiger charge is -2.40. The molecule has 0 spiro atoms. The van der Waals surface area contributed by atoms with E-state index in [1.807, 2.05) is 68.8 Å². The van der Waals surface area contributed by atoms with Crippen LogP contribution in [0.15, 0.2) is 49.1 Å². The standard InChI is InChI=1S/C29H34ClN7O3/c1-29(2,3)40-28(39)37-12-10-36(11-13-37)26-20-8-7-19(30)15-21(20)22(14-18-6-5-9-33-24(18)26)25(34-27(31)38)23-16-32-17-35(23)4/h5-9,14-17,25-26H,10-13H2,1-4H3,(H3,31,34,38). The van der Waals surface area contributed by atoms with E-state index in [4.69, 9.17) is 27.1 Å². The van der Waals surface area contributed by atoms with Gasteiger partial charge in [0.1, 0.15) is 5.60 Å². The number of halogens is 1. The van der Waals surface area contributed by atoms with Gasteiger partial charge in [0.05, 0.1) is 36.0 Å². The number of rotatable bonds is 4. The zero-order valence-corrected chi connectivity index (χ0v) is 23.9. The van der Waals surface area contributed by atoms with E-state index in [2.05, 4.69) is 15.2 Å². The van der Waals surface area contributed by atoms with Crippen LogP contribution in [0.3, 0.4) is 0 Å². The first-order valence-corrected chi connectivity index (χ1v) is 13.6. The van der Waals surface area contributed by atoms with Gasteiger partial charge in [0.25, 0.3) is 0 Å². The van der Waals surface area contributed by atoms with Gasteiger partial charge < -0.3 is 25.3 Å². The van der Waals surface area contributed by atoms with E-state index in [0.717, 1.165) is 33.7 Å². The van der Waals surface area contributed by atoms with Crippen LogP contribution in [0.2, 0.25) is 5.02 Å². The summed E-state index contributed by atoms with van der Waals surface area (Å²) in [6, 6.07) is 8.28. The van der Waals surface area contributed by atoms with Gasteiger partial charge in [-0.15, -0.1) is 0 Å². The molecule has 11 heteroatoms. The van der Waals surface area contributed by atoms with Crippen LogP contribution in [0.25, 0.3) is 11.6 Å². The second-order valence-corrected chi connectivity index (χ2v) is 11.5. The lowest BCUT2D eigenvalue weighted by Crippen LogP contribution is -2.51. The molecule has 2 aromatic heterocycles. The monoisotopic (exact) mass is 563 g/mol. The van der Waals surface area contributed by atoms with E-state index < -0.39 is 17.7 Å². The Bertz CT molecular complexity index is 1450. The highest BCUT2D eigenvalue weighted by Crippen LogP contribution is 2.44. The summed E-state index contributed by atoms with van der Waals surface area (Å²) in [5, 5.41) is 3.49. The van der Waals surface area contributed by atoms with E-state index >= 15 is 0 Å². The van der Waals surface area contributed by atoms with Gasteiger partial charge in [-0.05, 0) is 67.3 Å². The Morgan fingerprint density at radius 1 is 1.18 bits per heavy atom. The Kier molecular flexibility index (Phi) is 7.57. The molecular weight excluding hydrogens is 530 g/mol. The van der Waals surface area contributed by atoms with Gasteiger partial charge in [0.15, 0.2) is 0 Å². The number of fused-ring (bicyclic) bond motifs is 2. The summed E-state index contributed by atoms with van der Waals surface area (Å²) >= 11 is 6.57. The van der Waals surface area contributed by atoms with Gasteiger partial charge >= 0.3 is 12.1 Å². The van der Waals surface area contributed by atoms with Gasteiger partial charge in [-0.1, -0.05) is 23.7 Å². The average Bonchev–Trinajstić information content (AvgIpc) is 3.26. The van der Waals surface area contributed by atoms with Crippen molar-refractivity contribution in [3.63, 3.8) is 0 Å². The Hall–Kier alpha value is -3.89. The number of pyridine rings is 1. The van der Waals surface area contributed by atoms with Crippen molar-refractivity contribution < 1.29 is 14.3 Å². The third-order valence-corrected chi connectivity index (χ3v) is 7.38. The molecule has 1 fully saturated rings. The Labute approximate surface area is 238 Å². The second kappa shape index (κ2) is 10.9. The van der Waals surface area contributed by atoms with Crippen molar-refractivity contribution in [3.05, 3.63) is 82.2 Å². The molecule has 5 rings (SSSR count). The number of amides is 3. The largest absolute Gasteiger partial charge is 0.444 e. The molecule has 3 heterocycles. The van der Waals surface area contributed by atoms with Crippen molar-refractivity contribution >= 4 is 35.4 Å². The van der Waals surface area contributed by atoms with E-state index in [0.29, 0.717) is 31.2 Å². The topological polar surface area (TPSA) is 119 Å². The van der Waals surface area contributed by atoms with Crippen molar-refractivity contribution in [1.82, 2.24) is 29.7 Å². The van der Waals surface area contributed by atoms with Gasteiger partial charge in [0.2, 0.25) is 0 Å². The van der Waals surface area contributed by atoms with Crippen LogP contribution in [-0.4, -0.2) is 68.2 Å². The number of primary amides is 1. The number of nitrogens with zero attached hydrogens (tertiary/aromatic N) is 5. The molecule has 1 saturated heterocycles. The molecule has 3 aromatic rings. The first-order chi connectivity index (χ1) is 19.0. The lowest BCUT2D eigenvalue weighted by molar-refractivity contribution is 0.0118. The number of hydrogen-bond acceptors (Lipinski definition) is 6. The molecule has 0 bridgehead atoms. The van der Waals surface area contributed by atoms with Crippen LogP contribution in [0.4, 0.5) is 9.59 Å². The first-order valence-electron chi connectivity index (χ1n) is 13.2. The third kappa shape index (κ3) is 5.68. The number of carbonyl (C=O) groups excluding carboxylic acids is 2. The number of ether oxygens (including phenoxy) is 1. The number of benzene rings is 1. The Balaban J connectivity index is 1.58. The van der Waals surface area contributed by atoms with Crippen LogP contribution in [0, 0.1) is 0 Å². The summed E-state index contributed by atoms with van der Waals surface area (Å²) in [5.74, 6) is 0. The zero-order chi connectivity index (χ0) is 28.6. The molecule has 2 atom stereocenters. The van der Waals surface area contributed by atoms with Crippen molar-refractivity contribution in [2.45, 2.75) is 38.5 Å². The van der Waals surface area contributed by atoms with Crippen LogP contribution < -0.4 is 11.1 Å². The zero-order valence-electron chi connectivity index (χ0n) is 23.1. The number of aromatic nitrogens is 3. The van der Waals surface area contributed by atoms with Gasteiger partial charge in [-0.2, -0.15) is 0 Å². The number of nitrogens with two attached hydrogens (primary N) is 1. The average molecular weight is 564 g/mol. The highest BCUT2D eigenvalue weighted by atomic mass is 35.5. The van der Waals surface area contributed by atoms with Crippen molar-refractivity contribution in [2.75, 3.05) is 26.2 Å². The second-order valence-electron chi connectivity index (χ2n) is 11.1. The van der Waals surface area contributed by atoms with Gasteiger partial charge in [-0.3, -0.25) is 9.88 Å². The van der Waals surface area contributed by atoms with Crippen molar-refractivity contribution in [3.8, 4) is 0 Å². The SMILES string of the molecule is Cn1cncc1C(NC(N)=O)C1=Cc2cccnc2C(N2CCN(C(=O)OC(C)(C)C)CC2)c2ccc(Cl)cc21. The third-order valence-electron chi connectivity index (χ3n) is 7.14. The summed E-state index contributed by atoms with van der Waals surface area (Å²) in [6.45, 7) is 7.91. The lowest BCUT2D eigenvalue weighted by atomic mass is 9.90. The summed E-state index contributed by atoms with van der Waals surface area (Å²) in [7, 11) is 1.87. The number of urea groups is 1. The molecule has 1 aliphatic heterocycles. The fourth-order valence-electron chi connectivity index (χ4n) is 5.39. The predicted molar refractivity (Wildman–Crippen MR) is 153 cm³/mol. The smallest absolute Gasteiger partial charge is 0.410 e. The van der Waals surface area contributed by atoms with Crippen molar-refractivity contribution in [1.29, 1.82) is 0 Å². The molecule has 1 aliphatic carbocycles. The van der Waals surface area contributed by atoms with Gasteiger partial charge in [0, 0.05) is 44.4 Å². The number of nitrogens with one attached hydrogen (secondary N) is 1. The highest BCUT2D eigenvalue weighted by molar-refractivity contribution is 6.30. The number of carbonyl (C=O) groups is 2. The maximum absolute atomic E-state index is 12.7. The number of piperazine rings is 1. The molecular formula is C29H34ClN7O3. The van der Waals surface area contributed by atoms with Crippen LogP contribution in [-0.2, 0) is 11.8 Å². The Morgan fingerprint density at radius 2 is 1.93 bits per heavy atom. The molecule has 0 saturated carbocycles. The quantitative estimate of drug-likeness (QED) is 0.486. The maximum Gasteiger partial charge on any atom is 0.410 e. The highest BCUT2D eigenvalue weighted by Gasteiger charge is 2.36. The van der Waals surface area contributed by atoms with E-state index in [1.165, 1.54) is 0 Å². The molecule has 2 unspecified atom stereocenters. The number of imidazole rings is 1. The van der Waals surface area contributed by atoms with Gasteiger partial charge in [-0.25, -0.2) is 14.6 Å². The van der Waals surface area contributed by atoms with E-state index in [-0.39, 0.29) is 12.1 Å². The number of hydrogen-bond donors (Lipinski definition) is 2. The van der Waals surface area contributed by atoms with Crippen molar-refractivity contribution in [2.24, 2.45) is 12.8 Å². The summed E-state index contributed by atoms with van der Waals surface area (Å²) < 4.78 is 7.46. The van der Waals surface area contributed by atoms with E-state index in [1.54, 1.807) is 23.6 Å². The minimum absolute atomic E-state index is 0.209. The fraction of sp³-hybridized carbons (Fsp3) is 0.379. The molecule has 10 nitrogen and oxygen atoms in total. The molecule has 2 aliphatic rings. The first kappa shape index (κ1) is 27.7. The molecule has 40 heavy (non-hydrogen) atoms. The minimum atomic E-state index is -0.652. The summed E-state index contributed by atoms with van der Waals surface area (Å²) in [5.41, 5.74) is 10.4. The summed E-state index contributed by atoms with van der Waals surface area (Å²) in [6.07, 6.45) is 6.93. The summed E-state index contributed by atoms with van der Waals surface area (Å²) in [4.78, 5) is 38.1. The van der Waals surface area contributed by atoms with Crippen LogP contribution >= 0.6 is 11.6 Å². The molecule has 0 radical (unpaired) electrons. The predicted octanol–water partition coefficient (Wildman–Crippen LogP) is 4.37. The minimum Gasteiger partial charge on any atom is -0.444 e. The van der Waals surface area contributed by atoms with E-state index in [9.17, 15) is 9.59 Å². The molecule has 210 valence electrons.